The van der Waals surface area contributed by atoms with Gasteiger partial charge in [-0.05, 0) is 50.1 Å². The summed E-state index contributed by atoms with van der Waals surface area (Å²) in [7, 11) is 0. The Balaban J connectivity index is 1.79. The van der Waals surface area contributed by atoms with Crippen LogP contribution in [0.5, 0.6) is 5.75 Å². The monoisotopic (exact) mass is 375 g/mol. The zero-order valence-electron chi connectivity index (χ0n) is 14.7. The lowest BCUT2D eigenvalue weighted by Crippen LogP contribution is -2.25. The van der Waals surface area contributed by atoms with Gasteiger partial charge in [0.1, 0.15) is 12.0 Å². The third-order valence-corrected chi connectivity index (χ3v) is 4.07. The largest absolute Gasteiger partial charge is 0.514 e. The molecule has 0 amide bonds. The number of aliphatic hydroxyl groups excluding tert-OH is 1. The number of rotatable bonds is 7. The summed E-state index contributed by atoms with van der Waals surface area (Å²) >= 11 is 0. The average molecular weight is 375 g/mol. The van der Waals surface area contributed by atoms with E-state index in [1.807, 2.05) is 0 Å². The van der Waals surface area contributed by atoms with E-state index in [-0.39, 0.29) is 23.8 Å². The fourth-order valence-corrected chi connectivity index (χ4v) is 2.60. The smallest absolute Gasteiger partial charge is 0.387 e. The van der Waals surface area contributed by atoms with Gasteiger partial charge in [-0.3, -0.25) is 9.79 Å². The molecule has 1 aromatic heterocycles. The standard InChI is InChI=1S/C19H19F2N3O3/c1-12(22-17(11-25)14-2-3-14)10-24-18(26)9-8-16(23-24)13-4-6-15(7-5-13)27-19(20)21/h4-9,11,14,19,25H,2-3,10H2,1H3/b17-11-,22-12+. The molecule has 1 N–H and O–H groups in total. The van der Waals surface area contributed by atoms with E-state index in [2.05, 4.69) is 14.8 Å². The average Bonchev–Trinajstić information content (AvgIpc) is 3.47. The Bertz CT molecular complexity index is 917. The van der Waals surface area contributed by atoms with E-state index in [4.69, 9.17) is 0 Å². The maximum atomic E-state index is 12.2. The highest BCUT2D eigenvalue weighted by Gasteiger charge is 2.26. The Hall–Kier alpha value is -3.03. The maximum absolute atomic E-state index is 12.2. The topological polar surface area (TPSA) is 76.7 Å². The number of halogens is 2. The van der Waals surface area contributed by atoms with Gasteiger partial charge in [0.25, 0.3) is 5.56 Å². The Morgan fingerprint density at radius 2 is 2.04 bits per heavy atom. The van der Waals surface area contributed by atoms with Crippen LogP contribution < -0.4 is 10.3 Å². The summed E-state index contributed by atoms with van der Waals surface area (Å²) in [5.74, 6) is 0.336. The van der Waals surface area contributed by atoms with Crippen LogP contribution in [0.4, 0.5) is 8.78 Å². The Morgan fingerprint density at radius 3 is 2.63 bits per heavy atom. The van der Waals surface area contributed by atoms with Crippen molar-refractivity contribution < 1.29 is 18.6 Å². The molecule has 0 unspecified atom stereocenters. The molecule has 0 bridgehead atoms. The predicted octanol–water partition coefficient (Wildman–Crippen LogP) is 3.78. The molecule has 1 aromatic carbocycles. The van der Waals surface area contributed by atoms with Crippen molar-refractivity contribution in [2.24, 2.45) is 10.9 Å². The fraction of sp³-hybridized carbons (Fsp3) is 0.316. The molecule has 0 spiro atoms. The van der Waals surface area contributed by atoms with Crippen LogP contribution in [0.1, 0.15) is 19.8 Å². The first-order valence-electron chi connectivity index (χ1n) is 8.48. The molecule has 1 saturated carbocycles. The molecule has 142 valence electrons. The van der Waals surface area contributed by atoms with E-state index in [0.29, 0.717) is 22.7 Å². The zero-order chi connectivity index (χ0) is 19.4. The number of aliphatic hydroxyl groups is 1. The molecule has 2 aromatic rings. The summed E-state index contributed by atoms with van der Waals surface area (Å²) in [6.07, 6.45) is 3.01. The van der Waals surface area contributed by atoms with Crippen molar-refractivity contribution in [2.75, 3.05) is 0 Å². The van der Waals surface area contributed by atoms with Crippen molar-refractivity contribution >= 4 is 5.71 Å². The van der Waals surface area contributed by atoms with Gasteiger partial charge in [0, 0.05) is 23.3 Å². The molecule has 1 fully saturated rings. The first kappa shape index (κ1) is 18.8. The van der Waals surface area contributed by atoms with E-state index < -0.39 is 6.61 Å². The molecular formula is C19H19F2N3O3. The van der Waals surface area contributed by atoms with E-state index in [1.165, 1.54) is 22.9 Å². The second kappa shape index (κ2) is 8.11. The summed E-state index contributed by atoms with van der Waals surface area (Å²) in [6, 6.07) is 8.98. The number of ether oxygens (including phenoxy) is 1. The van der Waals surface area contributed by atoms with Crippen LogP contribution in [0.3, 0.4) is 0 Å². The number of hydrogen-bond acceptors (Lipinski definition) is 5. The molecule has 1 heterocycles. The summed E-state index contributed by atoms with van der Waals surface area (Å²) in [6.45, 7) is -0.932. The van der Waals surface area contributed by atoms with Crippen molar-refractivity contribution in [3.63, 3.8) is 0 Å². The van der Waals surface area contributed by atoms with Gasteiger partial charge in [0.15, 0.2) is 0 Å². The summed E-state index contributed by atoms with van der Waals surface area (Å²) in [4.78, 5) is 16.5. The second-order valence-electron chi connectivity index (χ2n) is 6.29. The van der Waals surface area contributed by atoms with E-state index in [0.717, 1.165) is 19.1 Å². The van der Waals surface area contributed by atoms with Crippen LogP contribution in [0.2, 0.25) is 0 Å². The van der Waals surface area contributed by atoms with Crippen LogP contribution >= 0.6 is 0 Å². The molecule has 0 radical (unpaired) electrons. The summed E-state index contributed by atoms with van der Waals surface area (Å²) in [5.41, 5.74) is 2.16. The Labute approximate surface area is 154 Å². The number of alkyl halides is 2. The minimum absolute atomic E-state index is 0.0495. The van der Waals surface area contributed by atoms with Crippen LogP contribution in [-0.2, 0) is 6.54 Å². The number of aromatic nitrogens is 2. The number of allylic oxidation sites excluding steroid dienone is 1. The van der Waals surface area contributed by atoms with Gasteiger partial charge >= 0.3 is 6.61 Å². The van der Waals surface area contributed by atoms with Crippen molar-refractivity contribution in [2.45, 2.75) is 32.9 Å². The Kier molecular flexibility index (Phi) is 5.63. The molecule has 0 aliphatic heterocycles. The predicted molar refractivity (Wildman–Crippen MR) is 97.1 cm³/mol. The normalized spacial score (nSPS) is 15.3. The molecule has 6 nitrogen and oxygen atoms in total. The van der Waals surface area contributed by atoms with Crippen molar-refractivity contribution in [3.05, 3.63) is 58.7 Å². The first-order valence-corrected chi connectivity index (χ1v) is 8.48. The van der Waals surface area contributed by atoms with Crippen LogP contribution in [0, 0.1) is 5.92 Å². The maximum Gasteiger partial charge on any atom is 0.387 e. The zero-order valence-corrected chi connectivity index (χ0v) is 14.7. The van der Waals surface area contributed by atoms with Crippen molar-refractivity contribution in [1.29, 1.82) is 0 Å². The number of aliphatic imine (C=N–C) groups is 1. The van der Waals surface area contributed by atoms with Crippen molar-refractivity contribution in [1.82, 2.24) is 9.78 Å². The fourth-order valence-electron chi connectivity index (χ4n) is 2.60. The lowest BCUT2D eigenvalue weighted by molar-refractivity contribution is -0.0498. The summed E-state index contributed by atoms with van der Waals surface area (Å²) < 4.78 is 30.1. The molecule has 3 rings (SSSR count). The van der Waals surface area contributed by atoms with Crippen LogP contribution in [0.15, 0.2) is 58.1 Å². The third-order valence-electron chi connectivity index (χ3n) is 4.07. The van der Waals surface area contributed by atoms with E-state index in [1.54, 1.807) is 25.1 Å². The molecule has 1 aliphatic rings. The molecule has 27 heavy (non-hydrogen) atoms. The highest BCUT2D eigenvalue weighted by atomic mass is 19.3. The van der Waals surface area contributed by atoms with Gasteiger partial charge < -0.3 is 9.84 Å². The number of benzene rings is 1. The highest BCUT2D eigenvalue weighted by molar-refractivity contribution is 5.82. The number of nitrogens with zero attached hydrogens (tertiary/aromatic N) is 3. The highest BCUT2D eigenvalue weighted by Crippen LogP contribution is 2.36. The Morgan fingerprint density at radius 1 is 1.33 bits per heavy atom. The quantitative estimate of drug-likeness (QED) is 0.590. The van der Waals surface area contributed by atoms with Gasteiger partial charge in [0.05, 0.1) is 17.9 Å². The molecule has 0 atom stereocenters. The molecular weight excluding hydrogens is 356 g/mol. The SMILES string of the molecule is C/C(Cn1nc(-c2ccc(OC(F)F)cc2)ccc1=O)=N\C(=C/O)C1CC1. The van der Waals surface area contributed by atoms with Crippen molar-refractivity contribution in [3.8, 4) is 17.0 Å². The van der Waals surface area contributed by atoms with Crippen LogP contribution in [-0.4, -0.2) is 27.2 Å². The second-order valence-corrected chi connectivity index (χ2v) is 6.29. The van der Waals surface area contributed by atoms with Gasteiger partial charge in [0.2, 0.25) is 0 Å². The first-order chi connectivity index (χ1) is 13.0. The molecule has 8 heteroatoms. The lowest BCUT2D eigenvalue weighted by atomic mass is 10.1. The van der Waals surface area contributed by atoms with Gasteiger partial charge in [-0.2, -0.15) is 13.9 Å². The minimum Gasteiger partial charge on any atom is -0.514 e. The number of hydrogen-bond donors (Lipinski definition) is 1. The minimum atomic E-state index is -2.88. The molecule has 0 saturated heterocycles. The lowest BCUT2D eigenvalue weighted by Gasteiger charge is -2.09. The van der Waals surface area contributed by atoms with E-state index in [9.17, 15) is 18.7 Å². The van der Waals surface area contributed by atoms with Gasteiger partial charge in [-0.25, -0.2) is 4.68 Å². The van der Waals surface area contributed by atoms with Gasteiger partial charge in [-0.1, -0.05) is 0 Å². The van der Waals surface area contributed by atoms with Gasteiger partial charge in [-0.15, -0.1) is 0 Å². The van der Waals surface area contributed by atoms with Crippen LogP contribution in [0.25, 0.3) is 11.3 Å². The third kappa shape index (κ3) is 4.99. The molecule has 1 aliphatic carbocycles. The van der Waals surface area contributed by atoms with E-state index >= 15 is 0 Å². The summed E-state index contributed by atoms with van der Waals surface area (Å²) in [5, 5.41) is 13.6.